The molecule has 0 amide bonds. The summed E-state index contributed by atoms with van der Waals surface area (Å²) in [7, 11) is 0. The number of carbonyl (C=O) groups is 1. The first kappa shape index (κ1) is 8.40. The molecular formula is C8H6BrFO. The average molecular weight is 217 g/mol. The summed E-state index contributed by atoms with van der Waals surface area (Å²) in [6.45, 7) is 1.69. The first-order chi connectivity index (χ1) is 5.15. The van der Waals surface area contributed by atoms with Crippen molar-refractivity contribution in [1.82, 2.24) is 0 Å². The Kier molecular flexibility index (Phi) is 2.39. The van der Waals surface area contributed by atoms with Crippen molar-refractivity contribution < 1.29 is 9.18 Å². The summed E-state index contributed by atoms with van der Waals surface area (Å²) in [5.74, 6) is -0.333. The van der Waals surface area contributed by atoms with E-state index in [0.29, 0.717) is 21.9 Å². The molecule has 0 unspecified atom stereocenters. The van der Waals surface area contributed by atoms with Crippen LogP contribution in [0.2, 0.25) is 0 Å². The molecule has 58 valence electrons. The lowest BCUT2D eigenvalue weighted by Gasteiger charge is -2.00. The highest BCUT2D eigenvalue weighted by molar-refractivity contribution is 9.10. The molecule has 1 nitrogen and oxygen atoms in total. The summed E-state index contributed by atoms with van der Waals surface area (Å²) in [5.41, 5.74) is 1.15. The molecule has 0 radical (unpaired) electrons. The topological polar surface area (TPSA) is 17.1 Å². The summed E-state index contributed by atoms with van der Waals surface area (Å²) >= 11 is 3.09. The van der Waals surface area contributed by atoms with Crippen LogP contribution >= 0.6 is 15.9 Å². The van der Waals surface area contributed by atoms with Crippen molar-refractivity contribution in [3.05, 3.63) is 33.5 Å². The van der Waals surface area contributed by atoms with Gasteiger partial charge in [0, 0.05) is 10.0 Å². The minimum absolute atomic E-state index is 0.333. The molecule has 0 aliphatic rings. The van der Waals surface area contributed by atoms with E-state index in [1.54, 1.807) is 6.92 Å². The van der Waals surface area contributed by atoms with Gasteiger partial charge in [0.05, 0.1) is 0 Å². The van der Waals surface area contributed by atoms with Crippen molar-refractivity contribution in [2.75, 3.05) is 0 Å². The van der Waals surface area contributed by atoms with E-state index >= 15 is 0 Å². The number of hydrogen-bond donors (Lipinski definition) is 0. The van der Waals surface area contributed by atoms with Gasteiger partial charge in [-0.2, -0.15) is 0 Å². The summed E-state index contributed by atoms with van der Waals surface area (Å²) in [5, 5.41) is 0. The fourth-order valence-corrected chi connectivity index (χ4v) is 1.49. The van der Waals surface area contributed by atoms with Gasteiger partial charge in [-0.05, 0) is 40.5 Å². The number of carbonyl (C=O) groups excluding carboxylic acids is 1. The Morgan fingerprint density at radius 1 is 1.55 bits per heavy atom. The molecule has 3 heteroatoms. The van der Waals surface area contributed by atoms with Gasteiger partial charge in [-0.15, -0.1) is 0 Å². The minimum atomic E-state index is -0.333. The van der Waals surface area contributed by atoms with Crippen LogP contribution in [0.4, 0.5) is 4.39 Å². The van der Waals surface area contributed by atoms with Crippen LogP contribution in [0.1, 0.15) is 15.9 Å². The Morgan fingerprint density at radius 2 is 2.18 bits per heavy atom. The predicted molar refractivity (Wildman–Crippen MR) is 44.2 cm³/mol. The van der Waals surface area contributed by atoms with E-state index in [-0.39, 0.29) is 5.82 Å². The summed E-state index contributed by atoms with van der Waals surface area (Å²) in [6.07, 6.45) is 0.707. The first-order valence-electron chi connectivity index (χ1n) is 3.06. The molecule has 1 aromatic carbocycles. The van der Waals surface area contributed by atoms with Crippen LogP contribution in [-0.2, 0) is 0 Å². The Morgan fingerprint density at radius 3 is 2.64 bits per heavy atom. The van der Waals surface area contributed by atoms with Crippen LogP contribution in [0.25, 0.3) is 0 Å². The Balaban J connectivity index is 3.36. The molecule has 1 rings (SSSR count). The van der Waals surface area contributed by atoms with Crippen LogP contribution < -0.4 is 0 Å². The SMILES string of the molecule is Cc1cc(F)cc(Br)c1C=O. The fourth-order valence-electron chi connectivity index (χ4n) is 0.863. The van der Waals surface area contributed by atoms with Gasteiger partial charge in [-0.25, -0.2) is 4.39 Å². The number of rotatable bonds is 1. The highest BCUT2D eigenvalue weighted by Crippen LogP contribution is 2.19. The second-order valence-corrected chi connectivity index (χ2v) is 3.09. The first-order valence-corrected chi connectivity index (χ1v) is 3.85. The van der Waals surface area contributed by atoms with E-state index in [0.717, 1.165) is 0 Å². The van der Waals surface area contributed by atoms with E-state index in [4.69, 9.17) is 0 Å². The van der Waals surface area contributed by atoms with Crippen molar-refractivity contribution >= 4 is 22.2 Å². The zero-order valence-electron chi connectivity index (χ0n) is 5.90. The average Bonchev–Trinajstić information content (AvgIpc) is 1.85. The molecule has 0 saturated heterocycles. The summed E-state index contributed by atoms with van der Waals surface area (Å²) in [6, 6.07) is 2.60. The third-order valence-corrected chi connectivity index (χ3v) is 2.08. The molecule has 0 aromatic heterocycles. The van der Waals surface area contributed by atoms with Crippen molar-refractivity contribution in [3.63, 3.8) is 0 Å². The fraction of sp³-hybridized carbons (Fsp3) is 0.125. The van der Waals surface area contributed by atoms with E-state index in [9.17, 15) is 9.18 Å². The van der Waals surface area contributed by atoms with Crippen LogP contribution in [-0.4, -0.2) is 6.29 Å². The quantitative estimate of drug-likeness (QED) is 0.661. The molecule has 0 spiro atoms. The van der Waals surface area contributed by atoms with Gasteiger partial charge >= 0.3 is 0 Å². The van der Waals surface area contributed by atoms with Crippen LogP contribution in [0.15, 0.2) is 16.6 Å². The lowest BCUT2D eigenvalue weighted by molar-refractivity contribution is 0.112. The monoisotopic (exact) mass is 216 g/mol. The maximum atomic E-state index is 12.6. The van der Waals surface area contributed by atoms with Gasteiger partial charge in [-0.3, -0.25) is 4.79 Å². The van der Waals surface area contributed by atoms with Crippen LogP contribution in [0.3, 0.4) is 0 Å². The van der Waals surface area contributed by atoms with Gasteiger partial charge in [0.1, 0.15) is 5.82 Å². The lowest BCUT2D eigenvalue weighted by atomic mass is 10.1. The van der Waals surface area contributed by atoms with Crippen LogP contribution in [0, 0.1) is 12.7 Å². The highest BCUT2D eigenvalue weighted by atomic mass is 79.9. The third kappa shape index (κ3) is 1.66. The van der Waals surface area contributed by atoms with Crippen molar-refractivity contribution in [2.45, 2.75) is 6.92 Å². The van der Waals surface area contributed by atoms with E-state index in [2.05, 4.69) is 15.9 Å². The molecule has 0 aliphatic heterocycles. The molecule has 0 heterocycles. The molecule has 0 bridgehead atoms. The smallest absolute Gasteiger partial charge is 0.151 e. The Bertz CT molecular complexity index is 273. The van der Waals surface area contributed by atoms with Gasteiger partial charge in [0.15, 0.2) is 6.29 Å². The largest absolute Gasteiger partial charge is 0.298 e. The number of aryl methyl sites for hydroxylation is 1. The maximum absolute atomic E-state index is 12.6. The normalized spacial score (nSPS) is 9.73. The zero-order chi connectivity index (χ0) is 8.43. The molecule has 11 heavy (non-hydrogen) atoms. The molecule has 0 aliphatic carbocycles. The molecular weight excluding hydrogens is 211 g/mol. The minimum Gasteiger partial charge on any atom is -0.298 e. The second-order valence-electron chi connectivity index (χ2n) is 2.24. The number of hydrogen-bond acceptors (Lipinski definition) is 1. The Labute approximate surface area is 72.4 Å². The van der Waals surface area contributed by atoms with E-state index in [1.165, 1.54) is 12.1 Å². The lowest BCUT2D eigenvalue weighted by Crippen LogP contribution is -1.89. The third-order valence-electron chi connectivity index (χ3n) is 1.42. The molecule has 0 N–H and O–H groups in total. The van der Waals surface area contributed by atoms with Gasteiger partial charge in [0.2, 0.25) is 0 Å². The number of halogens is 2. The van der Waals surface area contributed by atoms with Crippen molar-refractivity contribution in [3.8, 4) is 0 Å². The van der Waals surface area contributed by atoms with Crippen LogP contribution in [0.5, 0.6) is 0 Å². The summed E-state index contributed by atoms with van der Waals surface area (Å²) < 4.78 is 13.1. The Hall–Kier alpha value is -0.700. The molecule has 1 aromatic rings. The predicted octanol–water partition coefficient (Wildman–Crippen LogP) is 2.71. The van der Waals surface area contributed by atoms with E-state index in [1.807, 2.05) is 0 Å². The number of aldehydes is 1. The maximum Gasteiger partial charge on any atom is 0.151 e. The van der Waals surface area contributed by atoms with Crippen molar-refractivity contribution in [1.29, 1.82) is 0 Å². The van der Waals surface area contributed by atoms with Gasteiger partial charge < -0.3 is 0 Å². The van der Waals surface area contributed by atoms with Gasteiger partial charge in [0.25, 0.3) is 0 Å². The second kappa shape index (κ2) is 3.13. The standard InChI is InChI=1S/C8H6BrFO/c1-5-2-6(10)3-8(9)7(5)4-11/h2-4H,1H3. The molecule has 0 fully saturated rings. The van der Waals surface area contributed by atoms with E-state index < -0.39 is 0 Å². The summed E-state index contributed by atoms with van der Waals surface area (Å²) in [4.78, 5) is 10.4. The molecule has 0 saturated carbocycles. The van der Waals surface area contributed by atoms with Crippen molar-refractivity contribution in [2.24, 2.45) is 0 Å². The zero-order valence-corrected chi connectivity index (χ0v) is 7.48. The highest BCUT2D eigenvalue weighted by Gasteiger charge is 2.03. The van der Waals surface area contributed by atoms with Gasteiger partial charge in [-0.1, -0.05) is 0 Å². The molecule has 0 atom stereocenters. The number of benzene rings is 1.